The average Bonchev–Trinajstić information content (AvgIpc) is 2.24. The zero-order valence-corrected chi connectivity index (χ0v) is 9.04. The zero-order valence-electron chi connectivity index (χ0n) is 9.04. The monoisotopic (exact) mass is 204 g/mol. The van der Waals surface area contributed by atoms with Gasteiger partial charge in [0.05, 0.1) is 0 Å². The lowest BCUT2D eigenvalue weighted by Crippen LogP contribution is -1.96. The molecule has 0 aliphatic heterocycles. The molecule has 15 heavy (non-hydrogen) atoms. The van der Waals surface area contributed by atoms with Gasteiger partial charge in [0.25, 0.3) is 0 Å². The van der Waals surface area contributed by atoms with Crippen LogP contribution in [0.15, 0.2) is 30.3 Å². The number of amides is 1. The smallest absolute Gasteiger partial charge is 0.238 e. The van der Waals surface area contributed by atoms with Gasteiger partial charge in [-0.2, -0.15) is 0 Å². The molecule has 81 valence electrons. The second-order valence-corrected chi connectivity index (χ2v) is 3.82. The van der Waals surface area contributed by atoms with E-state index in [9.17, 15) is 4.79 Å². The molecule has 0 saturated carbocycles. The first-order chi connectivity index (χ1) is 7.29. The van der Waals surface area contributed by atoms with Crippen LogP contribution in [0.2, 0.25) is 0 Å². The Bertz CT molecular complexity index is 282. The Kier molecular flexibility index (Phi) is 5.52. The Morgan fingerprint density at radius 1 is 1.00 bits per heavy atom. The van der Waals surface area contributed by atoms with Crippen molar-refractivity contribution in [3.8, 4) is 0 Å². The third kappa shape index (κ3) is 5.89. The van der Waals surface area contributed by atoms with Crippen molar-refractivity contribution >= 4 is 5.91 Å². The number of hydrogen-bond acceptors (Lipinski definition) is 1. The van der Waals surface area contributed by atoms with E-state index in [1.165, 1.54) is 12.0 Å². The van der Waals surface area contributed by atoms with Crippen LogP contribution in [0, 0.1) is 0 Å². The molecule has 0 heterocycles. The molecule has 1 radical (unpaired) electrons. The van der Waals surface area contributed by atoms with Gasteiger partial charge in [-0.3, -0.25) is 10.5 Å². The fraction of sp³-hybridized carbons (Fsp3) is 0.462. The SMILES string of the molecule is [NH]C(=O)CCCCCCc1ccccc1. The first kappa shape index (κ1) is 11.8. The topological polar surface area (TPSA) is 40.9 Å². The summed E-state index contributed by atoms with van der Waals surface area (Å²) in [6, 6.07) is 10.5. The maximum atomic E-state index is 10.4. The van der Waals surface area contributed by atoms with E-state index in [0.29, 0.717) is 6.42 Å². The number of aryl methyl sites for hydroxylation is 1. The van der Waals surface area contributed by atoms with E-state index in [1.54, 1.807) is 0 Å². The van der Waals surface area contributed by atoms with Gasteiger partial charge in [0.15, 0.2) is 0 Å². The van der Waals surface area contributed by atoms with Crippen LogP contribution >= 0.6 is 0 Å². The van der Waals surface area contributed by atoms with E-state index in [0.717, 1.165) is 25.7 Å². The molecule has 2 nitrogen and oxygen atoms in total. The molecule has 0 aliphatic rings. The van der Waals surface area contributed by atoms with Gasteiger partial charge in [0, 0.05) is 6.42 Å². The summed E-state index contributed by atoms with van der Waals surface area (Å²) < 4.78 is 0. The molecule has 2 heteroatoms. The number of nitrogens with one attached hydrogen (secondary N) is 1. The van der Waals surface area contributed by atoms with Gasteiger partial charge in [-0.25, -0.2) is 0 Å². The minimum absolute atomic E-state index is 0.422. The van der Waals surface area contributed by atoms with Crippen LogP contribution in [0.4, 0.5) is 0 Å². The lowest BCUT2D eigenvalue weighted by molar-refractivity contribution is -0.118. The van der Waals surface area contributed by atoms with Gasteiger partial charge in [-0.05, 0) is 24.8 Å². The molecule has 0 fully saturated rings. The second-order valence-electron chi connectivity index (χ2n) is 3.82. The lowest BCUT2D eigenvalue weighted by atomic mass is 10.1. The molecule has 1 N–H and O–H groups in total. The summed E-state index contributed by atoms with van der Waals surface area (Å²) in [4.78, 5) is 10.4. The summed E-state index contributed by atoms with van der Waals surface area (Å²) in [5, 5.41) is 0. The predicted octanol–water partition coefficient (Wildman–Crippen LogP) is 2.99. The number of carbonyl (C=O) groups excluding carboxylic acids is 1. The zero-order chi connectivity index (χ0) is 10.9. The maximum Gasteiger partial charge on any atom is 0.238 e. The summed E-state index contributed by atoms with van der Waals surface area (Å²) in [6.45, 7) is 0. The number of unbranched alkanes of at least 4 members (excludes halogenated alkanes) is 3. The first-order valence-electron chi connectivity index (χ1n) is 5.57. The van der Waals surface area contributed by atoms with Crippen molar-refractivity contribution in [3.63, 3.8) is 0 Å². The van der Waals surface area contributed by atoms with E-state index < -0.39 is 5.91 Å². The van der Waals surface area contributed by atoms with Crippen molar-refractivity contribution in [3.05, 3.63) is 35.9 Å². The average molecular weight is 204 g/mol. The third-order valence-electron chi connectivity index (χ3n) is 2.46. The van der Waals surface area contributed by atoms with E-state index in [4.69, 9.17) is 5.73 Å². The highest BCUT2D eigenvalue weighted by Crippen LogP contribution is 2.08. The second kappa shape index (κ2) is 7.04. The highest BCUT2D eigenvalue weighted by Gasteiger charge is 1.96. The Morgan fingerprint density at radius 2 is 1.67 bits per heavy atom. The van der Waals surface area contributed by atoms with Crippen molar-refractivity contribution in [2.24, 2.45) is 0 Å². The van der Waals surface area contributed by atoms with Crippen molar-refractivity contribution in [1.29, 1.82) is 0 Å². The molecule has 1 rings (SSSR count). The van der Waals surface area contributed by atoms with E-state index >= 15 is 0 Å². The molecular formula is C13H18NO. The van der Waals surface area contributed by atoms with Gasteiger partial charge >= 0.3 is 0 Å². The van der Waals surface area contributed by atoms with E-state index in [2.05, 4.69) is 24.3 Å². The number of carbonyl (C=O) groups is 1. The largest absolute Gasteiger partial charge is 0.273 e. The third-order valence-corrected chi connectivity index (χ3v) is 2.46. The molecule has 1 aromatic carbocycles. The number of benzene rings is 1. The van der Waals surface area contributed by atoms with Crippen molar-refractivity contribution in [2.45, 2.75) is 38.5 Å². The van der Waals surface area contributed by atoms with Crippen LogP contribution in [-0.2, 0) is 11.2 Å². The van der Waals surface area contributed by atoms with Gasteiger partial charge < -0.3 is 0 Å². The molecular weight excluding hydrogens is 186 g/mol. The van der Waals surface area contributed by atoms with Crippen molar-refractivity contribution < 1.29 is 4.79 Å². The van der Waals surface area contributed by atoms with Crippen LogP contribution in [0.25, 0.3) is 0 Å². The molecule has 0 aliphatic carbocycles. The molecule has 0 bridgehead atoms. The van der Waals surface area contributed by atoms with Gasteiger partial charge in [-0.1, -0.05) is 43.2 Å². The summed E-state index contributed by atoms with van der Waals surface area (Å²) >= 11 is 0. The molecule has 0 aromatic heterocycles. The molecule has 0 saturated heterocycles. The fourth-order valence-corrected chi connectivity index (χ4v) is 1.61. The van der Waals surface area contributed by atoms with Gasteiger partial charge in [-0.15, -0.1) is 0 Å². The van der Waals surface area contributed by atoms with Crippen LogP contribution in [0.1, 0.15) is 37.7 Å². The Morgan fingerprint density at radius 3 is 2.33 bits per heavy atom. The van der Waals surface area contributed by atoms with Gasteiger partial charge in [0.2, 0.25) is 5.91 Å². The quantitative estimate of drug-likeness (QED) is 0.629. The normalized spacial score (nSPS) is 10.1. The van der Waals surface area contributed by atoms with E-state index in [1.807, 2.05) is 6.07 Å². The van der Waals surface area contributed by atoms with Crippen LogP contribution in [0.5, 0.6) is 0 Å². The summed E-state index contributed by atoms with van der Waals surface area (Å²) in [5.74, 6) is -0.432. The predicted molar refractivity (Wildman–Crippen MR) is 61.3 cm³/mol. The first-order valence-corrected chi connectivity index (χ1v) is 5.57. The van der Waals surface area contributed by atoms with Crippen molar-refractivity contribution in [1.82, 2.24) is 5.73 Å². The minimum atomic E-state index is -0.432. The maximum absolute atomic E-state index is 10.4. The standard InChI is InChI=1S/C13H18NO/c14-13(15)11-7-2-1-4-8-12-9-5-3-6-10-12/h3,5-6,9-10,14H,1-2,4,7-8,11H2. The Hall–Kier alpha value is -1.31. The van der Waals surface area contributed by atoms with E-state index in [-0.39, 0.29) is 0 Å². The van der Waals surface area contributed by atoms with Crippen LogP contribution in [-0.4, -0.2) is 5.91 Å². The number of hydrogen-bond donors (Lipinski definition) is 0. The minimum Gasteiger partial charge on any atom is -0.273 e. The molecule has 1 aromatic rings. The highest BCUT2D eigenvalue weighted by molar-refractivity contribution is 5.72. The molecule has 1 amide bonds. The van der Waals surface area contributed by atoms with Crippen LogP contribution < -0.4 is 5.73 Å². The van der Waals surface area contributed by atoms with Crippen molar-refractivity contribution in [2.75, 3.05) is 0 Å². The summed E-state index contributed by atoms with van der Waals surface area (Å²) in [7, 11) is 0. The Balaban J connectivity index is 2.00. The summed E-state index contributed by atoms with van der Waals surface area (Å²) in [5.41, 5.74) is 8.14. The van der Waals surface area contributed by atoms with Crippen LogP contribution in [0.3, 0.4) is 0 Å². The lowest BCUT2D eigenvalue weighted by Gasteiger charge is -2.00. The molecule has 0 spiro atoms. The molecule has 0 unspecified atom stereocenters. The Labute approximate surface area is 91.5 Å². The highest BCUT2D eigenvalue weighted by atomic mass is 16.1. The van der Waals surface area contributed by atoms with Gasteiger partial charge in [0.1, 0.15) is 0 Å². The fourth-order valence-electron chi connectivity index (χ4n) is 1.61. The number of rotatable bonds is 7. The molecule has 0 atom stereocenters. The summed E-state index contributed by atoms with van der Waals surface area (Å²) in [6.07, 6.45) is 5.81.